The topological polar surface area (TPSA) is 84.2 Å². The highest BCUT2D eigenvalue weighted by Crippen LogP contribution is 2.05. The van der Waals surface area contributed by atoms with Crippen molar-refractivity contribution in [2.24, 2.45) is 5.73 Å². The van der Waals surface area contributed by atoms with Gasteiger partial charge in [-0.25, -0.2) is 0 Å². The largest absolute Gasteiger partial charge is 0.355 e. The van der Waals surface area contributed by atoms with Gasteiger partial charge in [-0.1, -0.05) is 6.07 Å². The van der Waals surface area contributed by atoms with E-state index in [0.29, 0.717) is 24.2 Å². The van der Waals surface area contributed by atoms with Gasteiger partial charge in [0, 0.05) is 31.3 Å². The van der Waals surface area contributed by atoms with Gasteiger partial charge in [0.1, 0.15) is 0 Å². The van der Waals surface area contributed by atoms with Crippen LogP contribution in [0.1, 0.15) is 20.7 Å². The van der Waals surface area contributed by atoms with Crippen molar-refractivity contribution in [1.82, 2.24) is 10.6 Å². The van der Waals surface area contributed by atoms with Crippen LogP contribution in [0, 0.1) is 0 Å². The summed E-state index contributed by atoms with van der Waals surface area (Å²) in [4.78, 5) is 22.9. The molecule has 0 aliphatic carbocycles. The van der Waals surface area contributed by atoms with Gasteiger partial charge >= 0.3 is 0 Å². The Bertz CT molecular complexity index is 391. The second kappa shape index (κ2) is 5.87. The molecule has 0 atom stereocenters. The number of carbonyl (C=O) groups excluding carboxylic acids is 2. The lowest BCUT2D eigenvalue weighted by Crippen LogP contribution is -2.29. The molecule has 4 N–H and O–H groups in total. The summed E-state index contributed by atoms with van der Waals surface area (Å²) in [5, 5.41) is 5.14. The van der Waals surface area contributed by atoms with Crippen LogP contribution in [-0.4, -0.2) is 32.0 Å². The Morgan fingerprint density at radius 2 is 1.88 bits per heavy atom. The third-order valence-corrected chi connectivity index (χ3v) is 2.04. The van der Waals surface area contributed by atoms with Crippen LogP contribution in [0.3, 0.4) is 0 Å². The summed E-state index contributed by atoms with van der Waals surface area (Å²) in [5.41, 5.74) is 6.19. The van der Waals surface area contributed by atoms with Crippen molar-refractivity contribution >= 4 is 11.8 Å². The number of hydrogen-bond donors (Lipinski definition) is 3. The SMILES string of the molecule is CNC(=O)c1cccc(C(=O)NCCN)c1. The third-order valence-electron chi connectivity index (χ3n) is 2.04. The molecule has 0 unspecified atom stereocenters. The van der Waals surface area contributed by atoms with Crippen LogP contribution in [-0.2, 0) is 0 Å². The quantitative estimate of drug-likeness (QED) is 0.654. The first-order valence-corrected chi connectivity index (χ1v) is 4.99. The lowest BCUT2D eigenvalue weighted by Gasteiger charge is -2.05. The van der Waals surface area contributed by atoms with Crippen molar-refractivity contribution in [3.05, 3.63) is 35.4 Å². The molecule has 86 valence electrons. The van der Waals surface area contributed by atoms with E-state index < -0.39 is 0 Å². The summed E-state index contributed by atoms with van der Waals surface area (Å²) < 4.78 is 0. The van der Waals surface area contributed by atoms with Crippen molar-refractivity contribution in [3.63, 3.8) is 0 Å². The molecular weight excluding hydrogens is 206 g/mol. The number of nitrogens with two attached hydrogens (primary N) is 1. The standard InChI is InChI=1S/C11H15N3O2/c1-13-10(15)8-3-2-4-9(7-8)11(16)14-6-5-12/h2-4,7H,5-6,12H2,1H3,(H,13,15)(H,14,16). The first-order valence-electron chi connectivity index (χ1n) is 4.99. The molecule has 0 saturated heterocycles. The average Bonchev–Trinajstić information content (AvgIpc) is 2.35. The minimum absolute atomic E-state index is 0.214. The van der Waals surface area contributed by atoms with E-state index >= 15 is 0 Å². The first-order chi connectivity index (χ1) is 7.69. The molecule has 0 aromatic heterocycles. The Labute approximate surface area is 94.0 Å². The molecule has 1 aromatic carbocycles. The Morgan fingerprint density at radius 3 is 2.44 bits per heavy atom. The molecule has 0 aliphatic heterocycles. The molecule has 1 rings (SSSR count). The molecule has 2 amide bonds. The summed E-state index contributed by atoms with van der Waals surface area (Å²) in [7, 11) is 1.55. The van der Waals surface area contributed by atoms with Gasteiger partial charge in [0.2, 0.25) is 0 Å². The summed E-state index contributed by atoms with van der Waals surface area (Å²) >= 11 is 0. The summed E-state index contributed by atoms with van der Waals surface area (Å²) in [6.07, 6.45) is 0. The van der Waals surface area contributed by atoms with Crippen molar-refractivity contribution < 1.29 is 9.59 Å². The van der Waals surface area contributed by atoms with Crippen LogP contribution in [0.25, 0.3) is 0 Å². The summed E-state index contributed by atoms with van der Waals surface area (Å²) in [5.74, 6) is -0.440. The van der Waals surface area contributed by atoms with E-state index in [2.05, 4.69) is 10.6 Å². The van der Waals surface area contributed by atoms with Gasteiger partial charge < -0.3 is 16.4 Å². The lowest BCUT2D eigenvalue weighted by molar-refractivity contribution is 0.0954. The Balaban J connectivity index is 2.81. The fourth-order valence-electron chi connectivity index (χ4n) is 1.23. The minimum Gasteiger partial charge on any atom is -0.355 e. The van der Waals surface area contributed by atoms with E-state index in [1.54, 1.807) is 31.3 Å². The molecule has 0 bridgehead atoms. The monoisotopic (exact) mass is 221 g/mol. The van der Waals surface area contributed by atoms with E-state index in [9.17, 15) is 9.59 Å². The summed E-state index contributed by atoms with van der Waals surface area (Å²) in [6, 6.07) is 6.52. The van der Waals surface area contributed by atoms with Crippen LogP contribution in [0.2, 0.25) is 0 Å². The summed E-state index contributed by atoms with van der Waals surface area (Å²) in [6.45, 7) is 0.809. The van der Waals surface area contributed by atoms with Crippen molar-refractivity contribution in [3.8, 4) is 0 Å². The highest BCUT2D eigenvalue weighted by atomic mass is 16.2. The highest BCUT2D eigenvalue weighted by Gasteiger charge is 2.08. The highest BCUT2D eigenvalue weighted by molar-refractivity contribution is 5.99. The fraction of sp³-hybridized carbons (Fsp3) is 0.273. The van der Waals surface area contributed by atoms with Gasteiger partial charge in [-0.05, 0) is 18.2 Å². The van der Waals surface area contributed by atoms with Gasteiger partial charge in [0.05, 0.1) is 0 Å². The molecule has 1 aromatic rings. The van der Waals surface area contributed by atoms with Crippen LogP contribution in [0.5, 0.6) is 0 Å². The number of carbonyl (C=O) groups is 2. The average molecular weight is 221 g/mol. The minimum atomic E-state index is -0.226. The van der Waals surface area contributed by atoms with E-state index in [1.807, 2.05) is 0 Å². The molecule has 0 radical (unpaired) electrons. The Kier molecular flexibility index (Phi) is 4.47. The Hall–Kier alpha value is -1.88. The predicted octanol–water partition coefficient (Wildman–Crippen LogP) is -0.265. The molecule has 5 heteroatoms. The number of amides is 2. The van der Waals surface area contributed by atoms with Crippen LogP contribution < -0.4 is 16.4 Å². The van der Waals surface area contributed by atoms with E-state index in [1.165, 1.54) is 0 Å². The lowest BCUT2D eigenvalue weighted by atomic mass is 10.1. The van der Waals surface area contributed by atoms with Gasteiger partial charge in [-0.3, -0.25) is 9.59 Å². The van der Waals surface area contributed by atoms with Gasteiger partial charge in [0.25, 0.3) is 11.8 Å². The zero-order chi connectivity index (χ0) is 12.0. The normalized spacial score (nSPS) is 9.62. The number of nitrogens with one attached hydrogen (secondary N) is 2. The number of hydrogen-bond acceptors (Lipinski definition) is 3. The molecular formula is C11H15N3O2. The van der Waals surface area contributed by atoms with Gasteiger partial charge in [-0.15, -0.1) is 0 Å². The molecule has 0 aliphatic rings. The van der Waals surface area contributed by atoms with Gasteiger partial charge in [0.15, 0.2) is 0 Å². The molecule has 0 heterocycles. The maximum absolute atomic E-state index is 11.6. The van der Waals surface area contributed by atoms with Gasteiger partial charge in [-0.2, -0.15) is 0 Å². The fourth-order valence-corrected chi connectivity index (χ4v) is 1.23. The van der Waals surface area contributed by atoms with Crippen molar-refractivity contribution in [2.75, 3.05) is 20.1 Å². The van der Waals surface area contributed by atoms with Crippen molar-refractivity contribution in [1.29, 1.82) is 0 Å². The third kappa shape index (κ3) is 3.06. The predicted molar refractivity (Wildman–Crippen MR) is 61.2 cm³/mol. The maximum atomic E-state index is 11.6. The zero-order valence-corrected chi connectivity index (χ0v) is 9.12. The van der Waals surface area contributed by atoms with Crippen LogP contribution in [0.15, 0.2) is 24.3 Å². The molecule has 0 spiro atoms. The molecule has 16 heavy (non-hydrogen) atoms. The maximum Gasteiger partial charge on any atom is 0.251 e. The van der Waals surface area contributed by atoms with E-state index in [0.717, 1.165) is 0 Å². The first kappa shape index (κ1) is 12.2. The van der Waals surface area contributed by atoms with E-state index in [4.69, 9.17) is 5.73 Å². The smallest absolute Gasteiger partial charge is 0.251 e. The Morgan fingerprint density at radius 1 is 1.25 bits per heavy atom. The second-order valence-corrected chi connectivity index (χ2v) is 3.20. The second-order valence-electron chi connectivity index (χ2n) is 3.20. The number of rotatable bonds is 4. The number of benzene rings is 1. The molecule has 0 saturated carbocycles. The zero-order valence-electron chi connectivity index (χ0n) is 9.12. The van der Waals surface area contributed by atoms with E-state index in [-0.39, 0.29) is 11.8 Å². The van der Waals surface area contributed by atoms with Crippen LogP contribution in [0.4, 0.5) is 0 Å². The molecule has 5 nitrogen and oxygen atoms in total. The van der Waals surface area contributed by atoms with Crippen LogP contribution >= 0.6 is 0 Å². The molecule has 0 fully saturated rings. The van der Waals surface area contributed by atoms with Crippen molar-refractivity contribution in [2.45, 2.75) is 0 Å².